The molecule has 6 nitrogen and oxygen atoms in total. The average molecular weight is 341 g/mol. The fraction of sp³-hybridized carbons (Fsp3) is 0.167. The van der Waals surface area contributed by atoms with Crippen LogP contribution < -0.4 is 15.4 Å². The van der Waals surface area contributed by atoms with Crippen LogP contribution in [0.25, 0.3) is 0 Å². The minimum atomic E-state index is -0.674. The number of nitrogens with zero attached hydrogens (tertiary/aromatic N) is 1. The Kier molecular flexibility index (Phi) is 4.74. The van der Waals surface area contributed by atoms with Gasteiger partial charge in [0.1, 0.15) is 11.6 Å². The van der Waals surface area contributed by atoms with Crippen LogP contribution in [-0.4, -0.2) is 24.9 Å². The van der Waals surface area contributed by atoms with Crippen molar-refractivity contribution in [2.45, 2.75) is 12.5 Å². The molecule has 1 atom stereocenters. The topological polar surface area (TPSA) is 79.8 Å². The molecule has 2 aromatic carbocycles. The number of aliphatic imine (C=N–C) groups is 1. The molecule has 0 spiro atoms. The second-order valence-electron chi connectivity index (χ2n) is 5.45. The first-order chi connectivity index (χ1) is 12.1. The minimum Gasteiger partial charge on any atom is -0.497 e. The molecule has 0 aromatic heterocycles. The van der Waals surface area contributed by atoms with Gasteiger partial charge in [-0.15, -0.1) is 0 Å². The normalized spacial score (nSPS) is 16.6. The Morgan fingerprint density at radius 1 is 1.24 bits per heavy atom. The number of guanidine groups is 1. The molecule has 0 bridgehead atoms. The number of methoxy groups -OCH3 is 1. The number of ether oxygens (including phenoxy) is 1. The third-order valence-corrected chi connectivity index (χ3v) is 3.77. The highest BCUT2D eigenvalue weighted by Gasteiger charge is 2.24. The Morgan fingerprint density at radius 2 is 1.96 bits per heavy atom. The second-order valence-corrected chi connectivity index (χ2v) is 5.45. The Bertz CT molecular complexity index is 834. The molecule has 1 aliphatic rings. The van der Waals surface area contributed by atoms with Gasteiger partial charge < -0.3 is 4.74 Å². The van der Waals surface area contributed by atoms with Crippen LogP contribution in [0, 0.1) is 5.82 Å². The molecule has 128 valence electrons. The summed E-state index contributed by atoms with van der Waals surface area (Å²) in [4.78, 5) is 28.4. The van der Waals surface area contributed by atoms with Crippen LogP contribution in [0.15, 0.2) is 53.5 Å². The van der Waals surface area contributed by atoms with Crippen molar-refractivity contribution in [1.29, 1.82) is 0 Å². The summed E-state index contributed by atoms with van der Waals surface area (Å²) in [6.45, 7) is 0. The fourth-order valence-electron chi connectivity index (χ4n) is 2.49. The van der Waals surface area contributed by atoms with Gasteiger partial charge in [-0.2, -0.15) is 0 Å². The van der Waals surface area contributed by atoms with Crippen LogP contribution in [-0.2, 0) is 4.79 Å². The number of halogens is 1. The number of nitrogens with one attached hydrogen (secondary N) is 2. The Morgan fingerprint density at radius 3 is 2.64 bits per heavy atom. The number of benzene rings is 2. The van der Waals surface area contributed by atoms with E-state index in [2.05, 4.69) is 15.6 Å². The Labute approximate surface area is 143 Å². The monoisotopic (exact) mass is 341 g/mol. The Balaban J connectivity index is 1.80. The van der Waals surface area contributed by atoms with Crippen LogP contribution in [0.5, 0.6) is 5.75 Å². The standard InChI is InChI=1S/C18H16FN3O3/c1-25-12-8-6-11(7-9-12)15-10-16(23)21-18(20-15)22-17(24)13-4-2-3-5-14(13)19/h2-9,15H,10H2,1H3,(H2,20,21,22,23,24). The second kappa shape index (κ2) is 7.12. The van der Waals surface area contributed by atoms with Crippen molar-refractivity contribution in [2.24, 2.45) is 4.99 Å². The van der Waals surface area contributed by atoms with Crippen molar-refractivity contribution in [3.05, 3.63) is 65.5 Å². The molecule has 2 amide bonds. The summed E-state index contributed by atoms with van der Waals surface area (Å²) in [7, 11) is 1.57. The molecular weight excluding hydrogens is 325 g/mol. The maximum atomic E-state index is 13.7. The molecule has 1 heterocycles. The van der Waals surface area contributed by atoms with Crippen LogP contribution in [0.4, 0.5) is 4.39 Å². The lowest BCUT2D eigenvalue weighted by Gasteiger charge is -2.21. The van der Waals surface area contributed by atoms with E-state index in [0.717, 1.165) is 5.56 Å². The van der Waals surface area contributed by atoms with Gasteiger partial charge in [0.25, 0.3) is 5.91 Å². The largest absolute Gasteiger partial charge is 0.497 e. The zero-order valence-electron chi connectivity index (χ0n) is 13.5. The van der Waals surface area contributed by atoms with Gasteiger partial charge in [-0.25, -0.2) is 9.38 Å². The molecule has 0 aliphatic carbocycles. The van der Waals surface area contributed by atoms with Gasteiger partial charge in [-0.3, -0.25) is 20.2 Å². The maximum absolute atomic E-state index is 13.7. The summed E-state index contributed by atoms with van der Waals surface area (Å²) in [5, 5.41) is 4.93. The van der Waals surface area contributed by atoms with E-state index in [0.29, 0.717) is 5.75 Å². The molecule has 25 heavy (non-hydrogen) atoms. The van der Waals surface area contributed by atoms with Crippen molar-refractivity contribution in [3.63, 3.8) is 0 Å². The summed E-state index contributed by atoms with van der Waals surface area (Å²) in [6.07, 6.45) is 0.158. The zero-order valence-corrected chi connectivity index (χ0v) is 13.5. The van der Waals surface area contributed by atoms with Crippen LogP contribution in [0.2, 0.25) is 0 Å². The molecule has 2 N–H and O–H groups in total. The van der Waals surface area contributed by atoms with E-state index in [4.69, 9.17) is 4.74 Å². The predicted octanol–water partition coefficient (Wildman–Crippen LogP) is 2.18. The average Bonchev–Trinajstić information content (AvgIpc) is 2.61. The third kappa shape index (κ3) is 3.82. The molecule has 0 saturated heterocycles. The molecule has 3 rings (SSSR count). The number of hydrogen-bond donors (Lipinski definition) is 2. The fourth-order valence-corrected chi connectivity index (χ4v) is 2.49. The Hall–Kier alpha value is -3.22. The SMILES string of the molecule is COc1ccc(C2CC(=O)NC(NC(=O)c3ccccc3F)=N2)cc1. The lowest BCUT2D eigenvalue weighted by atomic mass is 10.0. The molecular formula is C18H16FN3O3. The van der Waals surface area contributed by atoms with Gasteiger partial charge in [0.2, 0.25) is 11.9 Å². The predicted molar refractivity (Wildman–Crippen MR) is 89.8 cm³/mol. The van der Waals surface area contributed by atoms with Gasteiger partial charge in [-0.1, -0.05) is 24.3 Å². The number of carbonyl (C=O) groups excluding carboxylic acids is 2. The van der Waals surface area contributed by atoms with Crippen molar-refractivity contribution in [2.75, 3.05) is 7.11 Å². The summed E-state index contributed by atoms with van der Waals surface area (Å²) in [6, 6.07) is 12.3. The zero-order chi connectivity index (χ0) is 17.8. The molecule has 2 aromatic rings. The van der Waals surface area contributed by atoms with Crippen molar-refractivity contribution < 1.29 is 18.7 Å². The quantitative estimate of drug-likeness (QED) is 0.898. The molecule has 0 radical (unpaired) electrons. The highest BCUT2D eigenvalue weighted by atomic mass is 19.1. The maximum Gasteiger partial charge on any atom is 0.260 e. The summed E-state index contributed by atoms with van der Waals surface area (Å²) in [5.74, 6) is -0.895. The molecule has 7 heteroatoms. The van der Waals surface area contributed by atoms with Crippen molar-refractivity contribution in [1.82, 2.24) is 10.6 Å². The number of amides is 2. The first-order valence-electron chi connectivity index (χ1n) is 7.64. The molecule has 0 saturated carbocycles. The van der Waals surface area contributed by atoms with E-state index in [-0.39, 0.29) is 23.9 Å². The van der Waals surface area contributed by atoms with Gasteiger partial charge in [0, 0.05) is 0 Å². The number of rotatable bonds is 3. The summed E-state index contributed by atoms with van der Waals surface area (Å²) in [5.41, 5.74) is 0.694. The lowest BCUT2D eigenvalue weighted by Crippen LogP contribution is -2.47. The third-order valence-electron chi connectivity index (χ3n) is 3.77. The lowest BCUT2D eigenvalue weighted by molar-refractivity contribution is -0.120. The first kappa shape index (κ1) is 16.6. The van der Waals surface area contributed by atoms with E-state index in [1.807, 2.05) is 12.1 Å². The molecule has 1 unspecified atom stereocenters. The van der Waals surface area contributed by atoms with E-state index in [9.17, 15) is 14.0 Å². The summed E-state index contributed by atoms with van der Waals surface area (Å²) < 4.78 is 18.8. The van der Waals surface area contributed by atoms with Crippen LogP contribution in [0.3, 0.4) is 0 Å². The number of hydrogen-bond acceptors (Lipinski definition) is 4. The van der Waals surface area contributed by atoms with Gasteiger partial charge in [-0.05, 0) is 29.8 Å². The first-order valence-corrected chi connectivity index (χ1v) is 7.64. The van der Waals surface area contributed by atoms with Gasteiger partial charge in [0.15, 0.2) is 0 Å². The van der Waals surface area contributed by atoms with E-state index >= 15 is 0 Å². The van der Waals surface area contributed by atoms with Gasteiger partial charge >= 0.3 is 0 Å². The number of carbonyl (C=O) groups is 2. The van der Waals surface area contributed by atoms with Crippen molar-refractivity contribution in [3.8, 4) is 5.75 Å². The molecule has 0 fully saturated rings. The smallest absolute Gasteiger partial charge is 0.260 e. The van der Waals surface area contributed by atoms with E-state index < -0.39 is 17.8 Å². The summed E-state index contributed by atoms with van der Waals surface area (Å²) >= 11 is 0. The van der Waals surface area contributed by atoms with Crippen molar-refractivity contribution >= 4 is 17.8 Å². The van der Waals surface area contributed by atoms with Crippen LogP contribution >= 0.6 is 0 Å². The van der Waals surface area contributed by atoms with Gasteiger partial charge in [0.05, 0.1) is 25.1 Å². The van der Waals surface area contributed by atoms with E-state index in [1.54, 1.807) is 25.3 Å². The van der Waals surface area contributed by atoms with E-state index in [1.165, 1.54) is 18.2 Å². The van der Waals surface area contributed by atoms with Crippen LogP contribution in [0.1, 0.15) is 28.4 Å². The minimum absolute atomic E-state index is 0.00493. The highest BCUT2D eigenvalue weighted by molar-refractivity contribution is 6.10. The molecule has 1 aliphatic heterocycles. The highest BCUT2D eigenvalue weighted by Crippen LogP contribution is 2.25.